The fraction of sp³-hybridized carbons (Fsp3) is 0.941. The van der Waals surface area contributed by atoms with Crippen molar-refractivity contribution in [3.05, 3.63) is 0 Å². The third-order valence-electron chi connectivity index (χ3n) is 3.86. The van der Waals surface area contributed by atoms with Crippen LogP contribution in [0.25, 0.3) is 0 Å². The third-order valence-corrected chi connectivity index (χ3v) is 3.86. The maximum absolute atomic E-state index is 12.0. The highest BCUT2D eigenvalue weighted by molar-refractivity contribution is 5.67. The van der Waals surface area contributed by atoms with Crippen molar-refractivity contribution in [2.24, 2.45) is 11.8 Å². The smallest absolute Gasteiger partial charge is 0.410 e. The fourth-order valence-electron chi connectivity index (χ4n) is 2.75. The number of amides is 1. The van der Waals surface area contributed by atoms with Crippen molar-refractivity contribution in [1.29, 1.82) is 0 Å². The minimum absolute atomic E-state index is 0.207. The third kappa shape index (κ3) is 7.70. The van der Waals surface area contributed by atoms with Crippen LogP contribution in [-0.2, 0) is 4.74 Å². The number of nitrogens with zero attached hydrogens (tertiary/aromatic N) is 2. The molecule has 1 aliphatic rings. The summed E-state index contributed by atoms with van der Waals surface area (Å²) >= 11 is 0. The largest absolute Gasteiger partial charge is 0.444 e. The summed E-state index contributed by atoms with van der Waals surface area (Å²) in [5.74, 6) is 1.33. The van der Waals surface area contributed by atoms with Crippen molar-refractivity contribution in [3.8, 4) is 0 Å². The summed E-state index contributed by atoms with van der Waals surface area (Å²) in [6.45, 7) is 14.6. The molecule has 21 heavy (non-hydrogen) atoms. The van der Waals surface area contributed by atoms with Gasteiger partial charge in [-0.2, -0.15) is 0 Å². The molecule has 0 saturated carbocycles. The van der Waals surface area contributed by atoms with E-state index < -0.39 is 5.60 Å². The Kier molecular flexibility index (Phi) is 6.98. The molecular formula is C17H34N2O2. The zero-order valence-electron chi connectivity index (χ0n) is 14.8. The Hall–Kier alpha value is -0.770. The molecule has 124 valence electrons. The first-order chi connectivity index (χ1) is 9.67. The van der Waals surface area contributed by atoms with Crippen LogP contribution < -0.4 is 0 Å². The van der Waals surface area contributed by atoms with Crippen molar-refractivity contribution in [2.45, 2.75) is 59.5 Å². The minimum atomic E-state index is -0.415. The van der Waals surface area contributed by atoms with Gasteiger partial charge in [0.25, 0.3) is 0 Å². The summed E-state index contributed by atoms with van der Waals surface area (Å²) in [5, 5.41) is 0. The Morgan fingerprint density at radius 2 is 2.05 bits per heavy atom. The maximum Gasteiger partial charge on any atom is 0.410 e. The van der Waals surface area contributed by atoms with Gasteiger partial charge in [0.2, 0.25) is 0 Å². The van der Waals surface area contributed by atoms with Crippen LogP contribution in [0.5, 0.6) is 0 Å². The molecule has 1 unspecified atom stereocenters. The van der Waals surface area contributed by atoms with Crippen LogP contribution in [-0.4, -0.2) is 54.7 Å². The molecule has 4 nitrogen and oxygen atoms in total. The van der Waals surface area contributed by atoms with E-state index in [0.717, 1.165) is 19.0 Å². The Labute approximate surface area is 130 Å². The zero-order chi connectivity index (χ0) is 16.0. The molecule has 0 aromatic carbocycles. The molecule has 0 bridgehead atoms. The molecule has 0 radical (unpaired) electrons. The summed E-state index contributed by atoms with van der Waals surface area (Å²) in [6, 6.07) is 0. The van der Waals surface area contributed by atoms with Gasteiger partial charge in [-0.25, -0.2) is 4.79 Å². The van der Waals surface area contributed by atoms with E-state index in [-0.39, 0.29) is 6.09 Å². The first-order valence-electron chi connectivity index (χ1n) is 8.34. The molecule has 1 heterocycles. The molecule has 1 fully saturated rings. The Bertz CT molecular complexity index is 323. The van der Waals surface area contributed by atoms with Gasteiger partial charge < -0.3 is 14.5 Å². The van der Waals surface area contributed by atoms with E-state index in [0.29, 0.717) is 5.92 Å². The molecule has 1 aliphatic heterocycles. The van der Waals surface area contributed by atoms with Crippen LogP contribution in [0.4, 0.5) is 4.79 Å². The summed E-state index contributed by atoms with van der Waals surface area (Å²) in [5.41, 5.74) is -0.415. The lowest BCUT2D eigenvalue weighted by molar-refractivity contribution is 0.0243. The van der Waals surface area contributed by atoms with Gasteiger partial charge in [0.15, 0.2) is 0 Å². The first kappa shape index (κ1) is 18.3. The quantitative estimate of drug-likeness (QED) is 0.777. The summed E-state index contributed by atoms with van der Waals surface area (Å²) in [6.07, 6.45) is 3.51. The number of hydrogen-bond donors (Lipinski definition) is 0. The number of carbonyl (C=O) groups excluding carboxylic acids is 1. The lowest BCUT2D eigenvalue weighted by Gasteiger charge is -2.35. The van der Waals surface area contributed by atoms with Crippen LogP contribution in [0.15, 0.2) is 0 Å². The SMILES string of the molecule is CC(C)CCN1CCCC(CN(C)C(=O)OC(C)(C)C)C1. The molecular weight excluding hydrogens is 264 g/mol. The van der Waals surface area contributed by atoms with Gasteiger partial charge in [-0.15, -0.1) is 0 Å². The minimum Gasteiger partial charge on any atom is -0.444 e. The molecule has 1 atom stereocenters. The van der Waals surface area contributed by atoms with E-state index in [1.807, 2.05) is 27.8 Å². The second-order valence-corrected chi connectivity index (χ2v) is 7.85. The monoisotopic (exact) mass is 298 g/mol. The highest BCUT2D eigenvalue weighted by atomic mass is 16.6. The van der Waals surface area contributed by atoms with Crippen molar-refractivity contribution in [3.63, 3.8) is 0 Å². The molecule has 0 N–H and O–H groups in total. The van der Waals surface area contributed by atoms with E-state index in [1.54, 1.807) is 4.90 Å². The lowest BCUT2D eigenvalue weighted by Crippen LogP contribution is -2.43. The lowest BCUT2D eigenvalue weighted by atomic mass is 9.97. The van der Waals surface area contributed by atoms with Gasteiger partial charge in [0.1, 0.15) is 5.60 Å². The standard InChI is InChI=1S/C17H34N2O2/c1-14(2)9-11-19-10-7-8-15(13-19)12-18(6)16(20)21-17(3,4)5/h14-15H,7-13H2,1-6H3. The zero-order valence-corrected chi connectivity index (χ0v) is 14.8. The molecule has 0 spiro atoms. The van der Waals surface area contributed by atoms with E-state index in [4.69, 9.17) is 4.74 Å². The van der Waals surface area contributed by atoms with Gasteiger partial charge in [0.05, 0.1) is 0 Å². The number of piperidine rings is 1. The summed E-state index contributed by atoms with van der Waals surface area (Å²) < 4.78 is 5.42. The average Bonchev–Trinajstić information content (AvgIpc) is 2.34. The maximum atomic E-state index is 12.0. The van der Waals surface area contributed by atoms with Crippen molar-refractivity contribution in [1.82, 2.24) is 9.80 Å². The molecule has 0 aromatic rings. The summed E-state index contributed by atoms with van der Waals surface area (Å²) in [4.78, 5) is 16.3. The van der Waals surface area contributed by atoms with E-state index in [9.17, 15) is 4.79 Å². The van der Waals surface area contributed by atoms with Crippen LogP contribution in [0.2, 0.25) is 0 Å². The van der Waals surface area contributed by atoms with Gasteiger partial charge in [-0.1, -0.05) is 13.8 Å². The average molecular weight is 298 g/mol. The second kappa shape index (κ2) is 8.02. The molecule has 1 rings (SSSR count). The van der Waals surface area contributed by atoms with E-state index in [2.05, 4.69) is 18.7 Å². The fourth-order valence-corrected chi connectivity index (χ4v) is 2.75. The van der Waals surface area contributed by atoms with Crippen LogP contribution >= 0.6 is 0 Å². The Morgan fingerprint density at radius 3 is 2.62 bits per heavy atom. The molecule has 4 heteroatoms. The van der Waals surface area contributed by atoms with Crippen molar-refractivity contribution < 1.29 is 9.53 Å². The van der Waals surface area contributed by atoms with Crippen LogP contribution in [0.3, 0.4) is 0 Å². The van der Waals surface area contributed by atoms with Gasteiger partial charge >= 0.3 is 6.09 Å². The summed E-state index contributed by atoms with van der Waals surface area (Å²) in [7, 11) is 1.85. The second-order valence-electron chi connectivity index (χ2n) is 7.85. The van der Waals surface area contributed by atoms with Gasteiger partial charge in [0, 0.05) is 20.1 Å². The Morgan fingerprint density at radius 1 is 1.38 bits per heavy atom. The molecule has 0 aliphatic carbocycles. The predicted octanol–water partition coefficient (Wildman–Crippen LogP) is 3.61. The van der Waals surface area contributed by atoms with Crippen LogP contribution in [0, 0.1) is 11.8 Å². The predicted molar refractivity (Wildman–Crippen MR) is 87.5 cm³/mol. The molecule has 1 saturated heterocycles. The number of ether oxygens (including phenoxy) is 1. The van der Waals surface area contributed by atoms with E-state index >= 15 is 0 Å². The van der Waals surface area contributed by atoms with Gasteiger partial charge in [-0.05, 0) is 65.0 Å². The Balaban J connectivity index is 2.38. The highest BCUT2D eigenvalue weighted by Crippen LogP contribution is 2.19. The molecule has 1 amide bonds. The number of rotatable bonds is 5. The highest BCUT2D eigenvalue weighted by Gasteiger charge is 2.25. The van der Waals surface area contributed by atoms with Crippen LogP contribution in [0.1, 0.15) is 53.9 Å². The van der Waals surface area contributed by atoms with Crippen molar-refractivity contribution in [2.75, 3.05) is 33.2 Å². The molecule has 0 aromatic heterocycles. The number of likely N-dealkylation sites (tertiary alicyclic amines) is 1. The number of carbonyl (C=O) groups is 1. The van der Waals surface area contributed by atoms with Crippen molar-refractivity contribution >= 4 is 6.09 Å². The normalized spacial score (nSPS) is 20.6. The van der Waals surface area contributed by atoms with E-state index in [1.165, 1.54) is 32.4 Å². The first-order valence-corrected chi connectivity index (χ1v) is 8.34. The van der Waals surface area contributed by atoms with Gasteiger partial charge in [-0.3, -0.25) is 0 Å². The topological polar surface area (TPSA) is 32.8 Å². The number of hydrogen-bond acceptors (Lipinski definition) is 3.